The average molecular weight is 260 g/mol. The molecule has 0 amide bonds. The molecule has 0 rings (SSSR count). The van der Waals surface area contributed by atoms with Crippen LogP contribution in [0.5, 0.6) is 0 Å². The maximum Gasteiger partial charge on any atom is 0.304 e. The Hall–Kier alpha value is 0.140. The highest BCUT2D eigenvalue weighted by molar-refractivity contribution is 7.79. The van der Waals surface area contributed by atoms with Gasteiger partial charge in [-0.3, -0.25) is 8.37 Å². The predicted octanol–water partition coefficient (Wildman–Crippen LogP) is 0.637. The van der Waals surface area contributed by atoms with Crippen molar-refractivity contribution in [2.45, 2.75) is 32.5 Å². The van der Waals surface area contributed by atoms with Gasteiger partial charge in [-0.05, 0) is 13.8 Å². The molecule has 0 radical (unpaired) electrons. The third kappa shape index (κ3) is 9.09. The van der Waals surface area contributed by atoms with Gasteiger partial charge < -0.3 is 0 Å². The van der Waals surface area contributed by atoms with Gasteiger partial charge >= 0.3 is 11.4 Å². The quantitative estimate of drug-likeness (QED) is 0.471. The van der Waals surface area contributed by atoms with Crippen LogP contribution < -0.4 is 0 Å². The zero-order valence-electron chi connectivity index (χ0n) is 9.13. The van der Waals surface area contributed by atoms with E-state index in [4.69, 9.17) is 9.07 Å². The Bertz CT molecular complexity index is 222. The fraction of sp³-hybridized carbons (Fsp3) is 1.00. The van der Waals surface area contributed by atoms with Crippen molar-refractivity contribution < 1.29 is 26.0 Å². The standard InChI is InChI=1S/C7H16O6S2/c1-6(11-13-14(4)8)5-7(2)12-15(9)10-3/h6-7H,5H2,1-4H3. The lowest BCUT2D eigenvalue weighted by Crippen LogP contribution is -2.20. The summed E-state index contributed by atoms with van der Waals surface area (Å²) >= 11 is -3.20. The van der Waals surface area contributed by atoms with Gasteiger partial charge in [-0.2, -0.15) is 4.21 Å². The Morgan fingerprint density at radius 2 is 1.80 bits per heavy atom. The van der Waals surface area contributed by atoms with Crippen molar-refractivity contribution >= 4 is 22.4 Å². The summed E-state index contributed by atoms with van der Waals surface area (Å²) in [6.45, 7) is 3.45. The summed E-state index contributed by atoms with van der Waals surface area (Å²) in [5.74, 6) is 0. The summed E-state index contributed by atoms with van der Waals surface area (Å²) in [5, 5.41) is 0. The van der Waals surface area contributed by atoms with Crippen LogP contribution in [0.15, 0.2) is 0 Å². The molecular weight excluding hydrogens is 244 g/mol. The molecule has 4 atom stereocenters. The molecule has 4 unspecified atom stereocenters. The molecule has 0 aromatic rings. The molecule has 0 fully saturated rings. The second kappa shape index (κ2) is 8.31. The molecule has 6 nitrogen and oxygen atoms in total. The van der Waals surface area contributed by atoms with E-state index in [1.54, 1.807) is 13.8 Å². The molecule has 0 aromatic carbocycles. The second-order valence-electron chi connectivity index (χ2n) is 2.89. The van der Waals surface area contributed by atoms with Gasteiger partial charge in [0, 0.05) is 12.7 Å². The van der Waals surface area contributed by atoms with Crippen LogP contribution in [0, 0.1) is 0 Å². The minimum atomic E-state index is -1.74. The summed E-state index contributed by atoms with van der Waals surface area (Å²) in [5.41, 5.74) is 0. The highest BCUT2D eigenvalue weighted by atomic mass is 32.2. The first-order valence-electron chi connectivity index (χ1n) is 4.26. The van der Waals surface area contributed by atoms with Gasteiger partial charge in [0.25, 0.3) is 0 Å². The molecule has 0 heterocycles. The highest BCUT2D eigenvalue weighted by Gasteiger charge is 2.14. The number of rotatable bonds is 8. The first-order chi connectivity index (χ1) is 6.95. The maximum absolute atomic E-state index is 10.8. The summed E-state index contributed by atoms with van der Waals surface area (Å²) < 4.78 is 35.1. The van der Waals surface area contributed by atoms with E-state index in [-0.39, 0.29) is 12.2 Å². The van der Waals surface area contributed by atoms with Crippen molar-refractivity contribution in [3.05, 3.63) is 0 Å². The minimum Gasteiger partial charge on any atom is -0.272 e. The van der Waals surface area contributed by atoms with Crippen LogP contribution in [-0.2, 0) is 40.0 Å². The molecule has 8 heteroatoms. The van der Waals surface area contributed by atoms with Crippen molar-refractivity contribution in [1.29, 1.82) is 0 Å². The van der Waals surface area contributed by atoms with E-state index < -0.39 is 22.4 Å². The smallest absolute Gasteiger partial charge is 0.272 e. The van der Waals surface area contributed by atoms with Crippen molar-refractivity contribution in [3.63, 3.8) is 0 Å². The van der Waals surface area contributed by atoms with E-state index in [1.807, 2.05) is 0 Å². The van der Waals surface area contributed by atoms with Crippen LogP contribution in [0.2, 0.25) is 0 Å². The Labute approximate surface area is 94.7 Å². The molecule has 0 N–H and O–H groups in total. The van der Waals surface area contributed by atoms with Gasteiger partial charge in [-0.15, -0.1) is 4.33 Å². The number of hydrogen-bond acceptors (Lipinski definition) is 6. The molecule has 0 saturated heterocycles. The highest BCUT2D eigenvalue weighted by Crippen LogP contribution is 2.08. The zero-order valence-corrected chi connectivity index (χ0v) is 10.8. The SMILES string of the molecule is COS(=O)OC(C)CC(C)OOS(C)=O. The lowest BCUT2D eigenvalue weighted by molar-refractivity contribution is -0.235. The second-order valence-corrected chi connectivity index (χ2v) is 4.76. The molecule has 0 bridgehead atoms. The molecule has 0 saturated carbocycles. The van der Waals surface area contributed by atoms with E-state index in [0.717, 1.165) is 0 Å². The van der Waals surface area contributed by atoms with Crippen LogP contribution >= 0.6 is 0 Å². The molecule has 92 valence electrons. The van der Waals surface area contributed by atoms with Crippen LogP contribution in [-0.4, -0.2) is 34.0 Å². The molecule has 0 aliphatic carbocycles. The summed E-state index contributed by atoms with van der Waals surface area (Å²) in [6.07, 6.45) is 1.19. The number of hydrogen-bond donors (Lipinski definition) is 0. The van der Waals surface area contributed by atoms with E-state index in [0.29, 0.717) is 6.42 Å². The van der Waals surface area contributed by atoms with Crippen LogP contribution in [0.1, 0.15) is 20.3 Å². The Morgan fingerprint density at radius 1 is 1.20 bits per heavy atom. The maximum atomic E-state index is 10.8. The van der Waals surface area contributed by atoms with Gasteiger partial charge in [0.1, 0.15) is 0 Å². The average Bonchev–Trinajstić information content (AvgIpc) is 2.14. The Balaban J connectivity index is 3.70. The third-order valence-electron chi connectivity index (χ3n) is 1.34. The molecular formula is C7H16O6S2. The molecule has 15 heavy (non-hydrogen) atoms. The van der Waals surface area contributed by atoms with E-state index >= 15 is 0 Å². The van der Waals surface area contributed by atoms with Gasteiger partial charge in [0.05, 0.1) is 19.3 Å². The molecule has 0 aliphatic rings. The third-order valence-corrected chi connectivity index (χ3v) is 2.37. The fourth-order valence-electron chi connectivity index (χ4n) is 0.842. The molecule has 0 aromatic heterocycles. The first-order valence-corrected chi connectivity index (χ1v) is 6.74. The Kier molecular flexibility index (Phi) is 8.39. The zero-order chi connectivity index (χ0) is 11.8. The van der Waals surface area contributed by atoms with E-state index in [9.17, 15) is 8.42 Å². The van der Waals surface area contributed by atoms with Gasteiger partial charge in [-0.25, -0.2) is 9.10 Å². The topological polar surface area (TPSA) is 71.1 Å². The van der Waals surface area contributed by atoms with E-state index in [1.165, 1.54) is 13.4 Å². The molecule has 0 aliphatic heterocycles. The van der Waals surface area contributed by atoms with Crippen molar-refractivity contribution in [3.8, 4) is 0 Å². The first kappa shape index (κ1) is 15.1. The molecule has 0 spiro atoms. The van der Waals surface area contributed by atoms with Crippen molar-refractivity contribution in [2.24, 2.45) is 0 Å². The fourth-order valence-corrected chi connectivity index (χ4v) is 1.51. The van der Waals surface area contributed by atoms with Crippen LogP contribution in [0.4, 0.5) is 0 Å². The van der Waals surface area contributed by atoms with Gasteiger partial charge in [0.2, 0.25) is 0 Å². The van der Waals surface area contributed by atoms with Crippen LogP contribution in [0.25, 0.3) is 0 Å². The minimum absolute atomic E-state index is 0.308. The monoisotopic (exact) mass is 260 g/mol. The normalized spacial score (nSPS) is 19.5. The van der Waals surface area contributed by atoms with E-state index in [2.05, 4.69) is 8.52 Å². The van der Waals surface area contributed by atoms with Crippen molar-refractivity contribution in [2.75, 3.05) is 13.4 Å². The lowest BCUT2D eigenvalue weighted by atomic mass is 10.2. The van der Waals surface area contributed by atoms with Crippen molar-refractivity contribution in [1.82, 2.24) is 0 Å². The largest absolute Gasteiger partial charge is 0.304 e. The summed E-state index contributed by atoms with van der Waals surface area (Å²) in [6, 6.07) is 0. The van der Waals surface area contributed by atoms with Gasteiger partial charge in [0.15, 0.2) is 11.1 Å². The predicted molar refractivity (Wildman–Crippen MR) is 56.0 cm³/mol. The summed E-state index contributed by atoms with van der Waals surface area (Å²) in [7, 11) is 1.28. The summed E-state index contributed by atoms with van der Waals surface area (Å²) in [4.78, 5) is 4.77. The van der Waals surface area contributed by atoms with Gasteiger partial charge in [-0.1, -0.05) is 0 Å². The van der Waals surface area contributed by atoms with Crippen LogP contribution in [0.3, 0.4) is 0 Å². The Morgan fingerprint density at radius 3 is 2.27 bits per heavy atom. The lowest BCUT2D eigenvalue weighted by Gasteiger charge is -2.14.